The lowest BCUT2D eigenvalue weighted by Gasteiger charge is -2.28. The molecule has 1 fully saturated rings. The molecule has 0 radical (unpaired) electrons. The minimum absolute atomic E-state index is 0.0279. The van der Waals surface area contributed by atoms with E-state index < -0.39 is 17.3 Å². The van der Waals surface area contributed by atoms with Crippen molar-refractivity contribution in [2.24, 2.45) is 5.92 Å². The molecule has 0 saturated carbocycles. The molecule has 1 unspecified atom stereocenters. The Hall–Kier alpha value is -2.11. The van der Waals surface area contributed by atoms with Crippen LogP contribution >= 0.6 is 0 Å². The van der Waals surface area contributed by atoms with Crippen LogP contribution in [-0.4, -0.2) is 43.7 Å². The Bertz CT molecular complexity index is 634. The Balaban J connectivity index is 2.04. The molecule has 1 heterocycles. The lowest BCUT2D eigenvalue weighted by molar-refractivity contribution is -0.137. The summed E-state index contributed by atoms with van der Waals surface area (Å²) in [4.78, 5) is 14.3. The van der Waals surface area contributed by atoms with E-state index in [0.29, 0.717) is 19.8 Å². The van der Waals surface area contributed by atoms with Crippen LogP contribution in [-0.2, 0) is 15.7 Å². The first-order chi connectivity index (χ1) is 11.3. The van der Waals surface area contributed by atoms with Gasteiger partial charge < -0.3 is 10.1 Å². The molecule has 1 atom stereocenters. The fraction of sp³-hybridized carbons (Fsp3) is 0.500. The summed E-state index contributed by atoms with van der Waals surface area (Å²) in [6.45, 7) is 4.91. The van der Waals surface area contributed by atoms with Crippen LogP contribution in [0.3, 0.4) is 0 Å². The molecule has 5 nitrogen and oxygen atoms in total. The number of hydrogen-bond donors (Lipinski definition) is 1. The first-order valence-electron chi connectivity index (χ1n) is 7.53. The van der Waals surface area contributed by atoms with Crippen LogP contribution in [0.4, 0.5) is 18.9 Å². The summed E-state index contributed by atoms with van der Waals surface area (Å²) in [5.41, 5.74) is -1.49. The second-order valence-electron chi connectivity index (χ2n) is 5.67. The average Bonchev–Trinajstić information content (AvgIpc) is 2.55. The molecule has 130 valence electrons. The number of hydrogen-bond acceptors (Lipinski definition) is 4. The maximum absolute atomic E-state index is 12.9. The second-order valence-corrected chi connectivity index (χ2v) is 5.67. The molecule has 0 aromatic heterocycles. The highest BCUT2D eigenvalue weighted by Gasteiger charge is 2.34. The van der Waals surface area contributed by atoms with Gasteiger partial charge in [0.2, 0.25) is 5.91 Å². The topological polar surface area (TPSA) is 65.4 Å². The van der Waals surface area contributed by atoms with Crippen LogP contribution in [0, 0.1) is 17.2 Å². The number of carbonyl (C=O) groups is 1. The number of nitriles is 1. The van der Waals surface area contributed by atoms with E-state index in [0.717, 1.165) is 25.2 Å². The number of alkyl halides is 3. The molecule has 1 saturated heterocycles. The zero-order valence-corrected chi connectivity index (χ0v) is 13.2. The summed E-state index contributed by atoms with van der Waals surface area (Å²) in [5, 5.41) is 11.3. The van der Waals surface area contributed by atoms with Crippen LogP contribution in [0.15, 0.2) is 18.2 Å². The van der Waals surface area contributed by atoms with E-state index in [2.05, 4.69) is 10.2 Å². The van der Waals surface area contributed by atoms with Gasteiger partial charge in [-0.05, 0) is 18.2 Å². The predicted octanol–water partition coefficient (Wildman–Crippen LogP) is 2.48. The molecule has 24 heavy (non-hydrogen) atoms. The summed E-state index contributed by atoms with van der Waals surface area (Å²) in [7, 11) is 0. The van der Waals surface area contributed by atoms with E-state index in [1.165, 1.54) is 12.1 Å². The van der Waals surface area contributed by atoms with Gasteiger partial charge in [-0.2, -0.15) is 18.4 Å². The Kier molecular flexibility index (Phi) is 5.80. The SMILES string of the molecule is CC(CN1CCOCC1)C(=O)Nc1ccc(C#N)c(C(F)(F)F)c1. The van der Waals surface area contributed by atoms with Crippen LogP contribution in [0.1, 0.15) is 18.1 Å². The highest BCUT2D eigenvalue weighted by Crippen LogP contribution is 2.33. The number of amides is 1. The molecule has 8 heteroatoms. The molecular formula is C16H18F3N3O2. The molecule has 1 aliphatic rings. The lowest BCUT2D eigenvalue weighted by atomic mass is 10.1. The molecule has 1 aromatic carbocycles. The van der Waals surface area contributed by atoms with E-state index >= 15 is 0 Å². The second kappa shape index (κ2) is 7.64. The maximum atomic E-state index is 12.9. The Labute approximate surface area is 138 Å². The van der Waals surface area contributed by atoms with E-state index in [1.54, 1.807) is 6.92 Å². The number of ether oxygens (including phenoxy) is 1. The Morgan fingerprint density at radius 1 is 1.42 bits per heavy atom. The van der Waals surface area contributed by atoms with E-state index in [1.807, 2.05) is 0 Å². The van der Waals surface area contributed by atoms with Gasteiger partial charge in [-0.25, -0.2) is 0 Å². The van der Waals surface area contributed by atoms with E-state index in [-0.39, 0.29) is 17.5 Å². The molecule has 1 N–H and O–H groups in total. The number of halogens is 3. The molecule has 1 amide bonds. The van der Waals surface area contributed by atoms with Crippen molar-refractivity contribution in [3.8, 4) is 6.07 Å². The van der Waals surface area contributed by atoms with Crippen molar-refractivity contribution in [1.29, 1.82) is 5.26 Å². The van der Waals surface area contributed by atoms with Crippen molar-refractivity contribution < 1.29 is 22.7 Å². The Morgan fingerprint density at radius 3 is 2.67 bits per heavy atom. The molecule has 0 aliphatic carbocycles. The largest absolute Gasteiger partial charge is 0.417 e. The van der Waals surface area contributed by atoms with Crippen molar-refractivity contribution in [3.05, 3.63) is 29.3 Å². The molecule has 2 rings (SSSR count). The maximum Gasteiger partial charge on any atom is 0.417 e. The zero-order valence-electron chi connectivity index (χ0n) is 13.2. The average molecular weight is 341 g/mol. The predicted molar refractivity (Wildman–Crippen MR) is 81.2 cm³/mol. The fourth-order valence-corrected chi connectivity index (χ4v) is 2.47. The third-order valence-corrected chi connectivity index (χ3v) is 3.80. The van der Waals surface area contributed by atoms with Crippen LogP contribution in [0.5, 0.6) is 0 Å². The summed E-state index contributed by atoms with van der Waals surface area (Å²) in [6.07, 6.45) is -4.65. The number of anilines is 1. The van der Waals surface area contributed by atoms with Gasteiger partial charge in [0.05, 0.1) is 30.4 Å². The first-order valence-corrected chi connectivity index (χ1v) is 7.53. The summed E-state index contributed by atoms with van der Waals surface area (Å²) < 4.78 is 44.0. The van der Waals surface area contributed by atoms with Gasteiger partial charge >= 0.3 is 6.18 Å². The fourth-order valence-electron chi connectivity index (χ4n) is 2.47. The van der Waals surface area contributed by atoms with Crippen LogP contribution in [0.25, 0.3) is 0 Å². The van der Waals surface area contributed by atoms with Gasteiger partial charge in [0.25, 0.3) is 0 Å². The third kappa shape index (κ3) is 4.69. The number of carbonyl (C=O) groups excluding carboxylic acids is 1. The van der Waals surface area contributed by atoms with Gasteiger partial charge in [0.15, 0.2) is 0 Å². The minimum atomic E-state index is -4.65. The summed E-state index contributed by atoms with van der Waals surface area (Å²) in [6, 6.07) is 4.66. The molecule has 1 aromatic rings. The van der Waals surface area contributed by atoms with Crippen molar-refractivity contribution in [3.63, 3.8) is 0 Å². The quantitative estimate of drug-likeness (QED) is 0.914. The zero-order chi connectivity index (χ0) is 17.7. The van der Waals surface area contributed by atoms with Crippen molar-refractivity contribution in [2.75, 3.05) is 38.2 Å². The summed E-state index contributed by atoms with van der Waals surface area (Å²) in [5.74, 6) is -0.743. The normalized spacial score (nSPS) is 17.1. The third-order valence-electron chi connectivity index (χ3n) is 3.80. The monoisotopic (exact) mass is 341 g/mol. The smallest absolute Gasteiger partial charge is 0.379 e. The van der Waals surface area contributed by atoms with Gasteiger partial charge in [0.1, 0.15) is 0 Å². The molecular weight excluding hydrogens is 323 g/mol. The number of nitrogens with one attached hydrogen (secondary N) is 1. The highest BCUT2D eigenvalue weighted by atomic mass is 19.4. The standard InChI is InChI=1S/C16H18F3N3O2/c1-11(10-22-4-6-24-7-5-22)15(23)21-13-3-2-12(9-20)14(8-13)16(17,18)19/h2-3,8,11H,4-7,10H2,1H3,(H,21,23). The summed E-state index contributed by atoms with van der Waals surface area (Å²) >= 11 is 0. The molecule has 0 spiro atoms. The van der Waals surface area contributed by atoms with Gasteiger partial charge in [0, 0.05) is 31.2 Å². The molecule has 1 aliphatic heterocycles. The van der Waals surface area contributed by atoms with E-state index in [9.17, 15) is 18.0 Å². The van der Waals surface area contributed by atoms with Gasteiger partial charge in [-0.3, -0.25) is 9.69 Å². The molecule has 0 bridgehead atoms. The van der Waals surface area contributed by atoms with E-state index in [4.69, 9.17) is 10.00 Å². The van der Waals surface area contributed by atoms with Crippen LogP contribution in [0.2, 0.25) is 0 Å². The minimum Gasteiger partial charge on any atom is -0.379 e. The number of nitrogens with zero attached hydrogens (tertiary/aromatic N) is 2. The number of benzene rings is 1. The lowest BCUT2D eigenvalue weighted by Crippen LogP contribution is -2.41. The Morgan fingerprint density at radius 2 is 2.08 bits per heavy atom. The van der Waals surface area contributed by atoms with Crippen molar-refractivity contribution in [2.45, 2.75) is 13.1 Å². The first kappa shape index (κ1) is 18.2. The number of morpholine rings is 1. The van der Waals surface area contributed by atoms with Crippen molar-refractivity contribution in [1.82, 2.24) is 4.90 Å². The number of rotatable bonds is 4. The highest BCUT2D eigenvalue weighted by molar-refractivity contribution is 5.92. The van der Waals surface area contributed by atoms with Crippen LogP contribution < -0.4 is 5.32 Å². The van der Waals surface area contributed by atoms with Crippen molar-refractivity contribution >= 4 is 11.6 Å². The van der Waals surface area contributed by atoms with Gasteiger partial charge in [-0.15, -0.1) is 0 Å². The van der Waals surface area contributed by atoms with Gasteiger partial charge in [-0.1, -0.05) is 6.92 Å².